The molecule has 0 aliphatic carbocycles. The molecule has 0 saturated carbocycles. The maximum absolute atomic E-state index is 11.9. The standard InChI is InChI=1S/C14H14ClN3OS/c1-7(2)14(19)16-13-12-11(18(3)17-13)9-5-4-8(15)6-10(9)20-12/h4-7H,1-3H3,(H,16,17,19). The predicted octanol–water partition coefficient (Wildman–Crippen LogP) is 4.04. The average Bonchev–Trinajstić information content (AvgIpc) is 2.88. The highest BCUT2D eigenvalue weighted by atomic mass is 35.5. The number of carbonyl (C=O) groups is 1. The van der Waals surface area contributed by atoms with E-state index in [9.17, 15) is 4.79 Å². The molecule has 0 atom stereocenters. The second-order valence-corrected chi connectivity index (χ2v) is 6.53. The molecule has 1 amide bonds. The summed E-state index contributed by atoms with van der Waals surface area (Å²) in [5, 5.41) is 9.11. The van der Waals surface area contributed by atoms with Crippen LogP contribution in [-0.4, -0.2) is 15.7 Å². The molecule has 104 valence electrons. The Kier molecular flexibility index (Phi) is 3.18. The van der Waals surface area contributed by atoms with E-state index >= 15 is 0 Å². The van der Waals surface area contributed by atoms with Crippen molar-refractivity contribution in [2.45, 2.75) is 13.8 Å². The van der Waals surface area contributed by atoms with Crippen LogP contribution in [0, 0.1) is 5.92 Å². The van der Waals surface area contributed by atoms with E-state index in [1.54, 1.807) is 16.0 Å². The highest BCUT2D eigenvalue weighted by molar-refractivity contribution is 7.26. The molecule has 0 saturated heterocycles. The molecule has 0 spiro atoms. The maximum atomic E-state index is 11.9. The molecule has 6 heteroatoms. The first kappa shape index (κ1) is 13.4. The molecule has 20 heavy (non-hydrogen) atoms. The van der Waals surface area contributed by atoms with Crippen LogP contribution < -0.4 is 5.32 Å². The van der Waals surface area contributed by atoms with Gasteiger partial charge in [0, 0.05) is 28.1 Å². The van der Waals surface area contributed by atoms with Gasteiger partial charge in [0.1, 0.15) is 0 Å². The fraction of sp³-hybridized carbons (Fsp3) is 0.286. The summed E-state index contributed by atoms with van der Waals surface area (Å²) < 4.78 is 3.89. The van der Waals surface area contributed by atoms with Crippen LogP contribution in [0.15, 0.2) is 18.2 Å². The van der Waals surface area contributed by atoms with Crippen LogP contribution in [0.25, 0.3) is 20.3 Å². The van der Waals surface area contributed by atoms with E-state index in [0.717, 1.165) is 20.3 Å². The van der Waals surface area contributed by atoms with Gasteiger partial charge >= 0.3 is 0 Å². The third kappa shape index (κ3) is 2.07. The Labute approximate surface area is 125 Å². The molecule has 0 radical (unpaired) electrons. The zero-order valence-electron chi connectivity index (χ0n) is 11.4. The Hall–Kier alpha value is -1.59. The predicted molar refractivity (Wildman–Crippen MR) is 84.6 cm³/mol. The zero-order chi connectivity index (χ0) is 14.4. The van der Waals surface area contributed by atoms with Gasteiger partial charge in [0.15, 0.2) is 5.82 Å². The van der Waals surface area contributed by atoms with Gasteiger partial charge in [-0.05, 0) is 18.2 Å². The number of benzene rings is 1. The van der Waals surface area contributed by atoms with Gasteiger partial charge in [-0.15, -0.1) is 11.3 Å². The number of aromatic nitrogens is 2. The minimum atomic E-state index is -0.0733. The van der Waals surface area contributed by atoms with Crippen LogP contribution in [0.4, 0.5) is 5.82 Å². The van der Waals surface area contributed by atoms with E-state index in [0.29, 0.717) is 10.8 Å². The van der Waals surface area contributed by atoms with Gasteiger partial charge in [-0.1, -0.05) is 25.4 Å². The van der Waals surface area contributed by atoms with Crippen LogP contribution in [0.1, 0.15) is 13.8 Å². The SMILES string of the molecule is CC(C)C(=O)Nc1nn(C)c2c1sc1cc(Cl)ccc12. The number of hydrogen-bond donors (Lipinski definition) is 1. The smallest absolute Gasteiger partial charge is 0.228 e. The summed E-state index contributed by atoms with van der Waals surface area (Å²) in [6.45, 7) is 3.72. The highest BCUT2D eigenvalue weighted by Gasteiger charge is 2.18. The number of thiophene rings is 1. The second-order valence-electron chi connectivity index (χ2n) is 5.04. The van der Waals surface area contributed by atoms with E-state index in [1.807, 2.05) is 39.1 Å². The number of anilines is 1. The molecule has 0 aliphatic rings. The fourth-order valence-electron chi connectivity index (χ4n) is 2.13. The summed E-state index contributed by atoms with van der Waals surface area (Å²) in [5.41, 5.74) is 1.03. The average molecular weight is 308 g/mol. The Morgan fingerprint density at radius 3 is 2.90 bits per heavy atom. The lowest BCUT2D eigenvalue weighted by atomic mass is 10.2. The minimum Gasteiger partial charge on any atom is -0.308 e. The van der Waals surface area contributed by atoms with Crippen molar-refractivity contribution in [3.8, 4) is 0 Å². The van der Waals surface area contributed by atoms with E-state index < -0.39 is 0 Å². The second kappa shape index (κ2) is 4.75. The Morgan fingerprint density at radius 2 is 2.20 bits per heavy atom. The van der Waals surface area contributed by atoms with Gasteiger partial charge in [-0.3, -0.25) is 9.48 Å². The number of amides is 1. The molecule has 0 aliphatic heterocycles. The lowest BCUT2D eigenvalue weighted by Crippen LogP contribution is -2.18. The number of nitrogens with one attached hydrogen (secondary N) is 1. The van der Waals surface area contributed by atoms with Gasteiger partial charge < -0.3 is 5.32 Å². The quantitative estimate of drug-likeness (QED) is 0.777. The van der Waals surface area contributed by atoms with Crippen LogP contribution in [0.5, 0.6) is 0 Å². The lowest BCUT2D eigenvalue weighted by Gasteiger charge is -2.03. The Bertz CT molecular complexity index is 819. The minimum absolute atomic E-state index is 0.0273. The molecular weight excluding hydrogens is 294 g/mol. The molecule has 1 aromatic carbocycles. The summed E-state index contributed by atoms with van der Waals surface area (Å²) in [7, 11) is 1.88. The third-order valence-corrected chi connectivity index (χ3v) is 4.56. The molecule has 2 aromatic heterocycles. The zero-order valence-corrected chi connectivity index (χ0v) is 13.0. The van der Waals surface area contributed by atoms with Crippen molar-refractivity contribution in [3.63, 3.8) is 0 Å². The summed E-state index contributed by atoms with van der Waals surface area (Å²) in [4.78, 5) is 11.9. The molecule has 3 rings (SSSR count). The molecular formula is C14H14ClN3OS. The number of carbonyl (C=O) groups excluding carboxylic acids is 1. The molecule has 0 bridgehead atoms. The van der Waals surface area contributed by atoms with Crippen molar-refractivity contribution < 1.29 is 4.79 Å². The van der Waals surface area contributed by atoms with E-state index in [4.69, 9.17) is 11.6 Å². The van der Waals surface area contributed by atoms with Crippen molar-refractivity contribution in [2.24, 2.45) is 13.0 Å². The first-order chi connectivity index (χ1) is 9.47. The van der Waals surface area contributed by atoms with Gasteiger partial charge in [-0.25, -0.2) is 0 Å². The third-order valence-electron chi connectivity index (χ3n) is 3.18. The largest absolute Gasteiger partial charge is 0.308 e. The van der Waals surface area contributed by atoms with Crippen molar-refractivity contribution >= 4 is 55.0 Å². The molecule has 3 aromatic rings. The number of fused-ring (bicyclic) bond motifs is 3. The van der Waals surface area contributed by atoms with Crippen LogP contribution in [0.2, 0.25) is 5.02 Å². The lowest BCUT2D eigenvalue weighted by molar-refractivity contribution is -0.118. The molecule has 1 N–H and O–H groups in total. The topological polar surface area (TPSA) is 46.9 Å². The van der Waals surface area contributed by atoms with Gasteiger partial charge in [0.25, 0.3) is 0 Å². The van der Waals surface area contributed by atoms with Gasteiger partial charge in [-0.2, -0.15) is 5.10 Å². The van der Waals surface area contributed by atoms with Crippen molar-refractivity contribution in [2.75, 3.05) is 5.32 Å². The van der Waals surface area contributed by atoms with Gasteiger partial charge in [0.05, 0.1) is 10.2 Å². The molecule has 4 nitrogen and oxygen atoms in total. The van der Waals surface area contributed by atoms with E-state index in [-0.39, 0.29) is 11.8 Å². The van der Waals surface area contributed by atoms with Crippen LogP contribution in [-0.2, 0) is 11.8 Å². The fourth-order valence-corrected chi connectivity index (χ4v) is 3.57. The normalized spacial score (nSPS) is 11.7. The molecule has 0 unspecified atom stereocenters. The van der Waals surface area contributed by atoms with Crippen LogP contribution >= 0.6 is 22.9 Å². The molecule has 0 fully saturated rings. The van der Waals surface area contributed by atoms with Crippen molar-refractivity contribution in [1.29, 1.82) is 0 Å². The maximum Gasteiger partial charge on any atom is 0.228 e. The number of aryl methyl sites for hydroxylation is 1. The Balaban J connectivity index is 2.20. The number of nitrogens with zero attached hydrogens (tertiary/aromatic N) is 2. The van der Waals surface area contributed by atoms with E-state index in [2.05, 4.69) is 10.4 Å². The first-order valence-electron chi connectivity index (χ1n) is 6.33. The Morgan fingerprint density at radius 1 is 1.45 bits per heavy atom. The first-order valence-corrected chi connectivity index (χ1v) is 7.52. The van der Waals surface area contributed by atoms with Crippen molar-refractivity contribution in [1.82, 2.24) is 9.78 Å². The number of halogens is 1. The summed E-state index contributed by atoms with van der Waals surface area (Å²) in [6, 6.07) is 5.80. The van der Waals surface area contributed by atoms with Gasteiger partial charge in [0.2, 0.25) is 5.91 Å². The summed E-state index contributed by atoms with van der Waals surface area (Å²) in [5.74, 6) is 0.523. The van der Waals surface area contributed by atoms with E-state index in [1.165, 1.54) is 0 Å². The number of hydrogen-bond acceptors (Lipinski definition) is 3. The number of rotatable bonds is 2. The van der Waals surface area contributed by atoms with Crippen LogP contribution in [0.3, 0.4) is 0 Å². The monoisotopic (exact) mass is 307 g/mol. The highest BCUT2D eigenvalue weighted by Crippen LogP contribution is 2.38. The molecule has 2 heterocycles. The van der Waals surface area contributed by atoms with Crippen molar-refractivity contribution in [3.05, 3.63) is 23.2 Å². The summed E-state index contributed by atoms with van der Waals surface area (Å²) >= 11 is 7.63. The summed E-state index contributed by atoms with van der Waals surface area (Å²) in [6.07, 6.45) is 0.